The molecule has 8 heteroatoms. The van der Waals surface area contributed by atoms with Crippen molar-refractivity contribution in [2.45, 2.75) is 30.9 Å². The van der Waals surface area contributed by atoms with Crippen LogP contribution in [0.1, 0.15) is 24.5 Å². The molecule has 2 aromatic heterocycles. The van der Waals surface area contributed by atoms with Gasteiger partial charge in [-0.2, -0.15) is 4.98 Å². The van der Waals surface area contributed by atoms with Gasteiger partial charge in [-0.25, -0.2) is 4.98 Å². The number of piperidine rings is 1. The average molecular weight is 372 g/mol. The van der Waals surface area contributed by atoms with Crippen molar-refractivity contribution in [2.24, 2.45) is 0 Å². The maximum atomic E-state index is 5.68. The van der Waals surface area contributed by atoms with E-state index in [-0.39, 0.29) is 6.10 Å². The van der Waals surface area contributed by atoms with Crippen LogP contribution in [0, 0.1) is 0 Å². The fourth-order valence-corrected chi connectivity index (χ4v) is 4.15. The highest BCUT2D eigenvalue weighted by molar-refractivity contribution is 5.45. The van der Waals surface area contributed by atoms with Gasteiger partial charge in [-0.3, -0.25) is 0 Å². The van der Waals surface area contributed by atoms with E-state index in [2.05, 4.69) is 38.9 Å². The summed E-state index contributed by atoms with van der Waals surface area (Å²) in [7, 11) is 5.99. The third-order valence-electron chi connectivity index (χ3n) is 5.81. The number of anilines is 2. The normalized spacial score (nSPS) is 24.1. The second-order valence-corrected chi connectivity index (χ2v) is 7.61. The standard InChI is InChI=1S/C19H28N6O2/c1-23(2)16-12-25(13-17(16)26-3)18-4-8-20-19(21-18)24-9-5-14(6-10-24)15-7-11-27-22-15/h4,7-8,11,14,16-17H,5-6,9-10,12-13H2,1-3H3/t16-,17+/m0/s1. The molecule has 0 N–H and O–H groups in total. The van der Waals surface area contributed by atoms with E-state index in [4.69, 9.17) is 14.2 Å². The summed E-state index contributed by atoms with van der Waals surface area (Å²) < 4.78 is 10.7. The minimum absolute atomic E-state index is 0.191. The lowest BCUT2D eigenvalue weighted by Crippen LogP contribution is -2.39. The number of aromatic nitrogens is 3. The number of methoxy groups -OCH3 is 1. The molecule has 0 unspecified atom stereocenters. The Morgan fingerprint density at radius 2 is 1.96 bits per heavy atom. The molecule has 0 amide bonds. The van der Waals surface area contributed by atoms with E-state index in [1.165, 1.54) is 0 Å². The smallest absolute Gasteiger partial charge is 0.227 e. The Kier molecular flexibility index (Phi) is 5.27. The summed E-state index contributed by atoms with van der Waals surface area (Å²) in [5.41, 5.74) is 1.06. The van der Waals surface area contributed by atoms with Crippen LogP contribution in [0.2, 0.25) is 0 Å². The van der Waals surface area contributed by atoms with Gasteiger partial charge >= 0.3 is 0 Å². The fraction of sp³-hybridized carbons (Fsp3) is 0.632. The number of hydrogen-bond acceptors (Lipinski definition) is 8. The van der Waals surface area contributed by atoms with E-state index < -0.39 is 0 Å². The van der Waals surface area contributed by atoms with Crippen molar-refractivity contribution in [3.63, 3.8) is 0 Å². The van der Waals surface area contributed by atoms with E-state index in [1.54, 1.807) is 13.4 Å². The van der Waals surface area contributed by atoms with E-state index in [0.717, 1.165) is 56.5 Å². The van der Waals surface area contributed by atoms with Crippen molar-refractivity contribution in [2.75, 3.05) is 57.2 Å². The van der Waals surface area contributed by atoms with Gasteiger partial charge in [0.15, 0.2) is 0 Å². The molecule has 2 fully saturated rings. The summed E-state index contributed by atoms with van der Waals surface area (Å²) in [4.78, 5) is 16.2. The second-order valence-electron chi connectivity index (χ2n) is 7.61. The average Bonchev–Trinajstić information content (AvgIpc) is 3.38. The molecule has 146 valence electrons. The fourth-order valence-electron chi connectivity index (χ4n) is 4.15. The molecule has 27 heavy (non-hydrogen) atoms. The van der Waals surface area contributed by atoms with Crippen molar-refractivity contribution in [3.05, 3.63) is 30.3 Å². The van der Waals surface area contributed by atoms with Gasteiger partial charge in [0.2, 0.25) is 5.95 Å². The van der Waals surface area contributed by atoms with Crippen molar-refractivity contribution >= 4 is 11.8 Å². The first-order valence-electron chi connectivity index (χ1n) is 9.58. The molecule has 0 aliphatic carbocycles. The van der Waals surface area contributed by atoms with Crippen molar-refractivity contribution in [3.8, 4) is 0 Å². The van der Waals surface area contributed by atoms with E-state index in [0.29, 0.717) is 12.0 Å². The highest BCUT2D eigenvalue weighted by atomic mass is 16.5. The summed E-state index contributed by atoms with van der Waals surface area (Å²) in [5.74, 6) is 2.25. The SMILES string of the molecule is CO[C@@H]1CN(c2ccnc(N3CCC(c4ccon4)CC3)n2)C[C@@H]1N(C)C. The second kappa shape index (κ2) is 7.82. The van der Waals surface area contributed by atoms with E-state index in [9.17, 15) is 0 Å². The van der Waals surface area contributed by atoms with Crippen LogP contribution in [0.15, 0.2) is 29.1 Å². The molecule has 0 spiro atoms. The van der Waals surface area contributed by atoms with Gasteiger partial charge in [0, 0.05) is 51.5 Å². The summed E-state index contributed by atoms with van der Waals surface area (Å²) in [6.07, 6.45) is 5.79. The van der Waals surface area contributed by atoms with Gasteiger partial charge in [0.1, 0.15) is 12.1 Å². The van der Waals surface area contributed by atoms with Crippen LogP contribution in [0.4, 0.5) is 11.8 Å². The lowest BCUT2D eigenvalue weighted by atomic mass is 9.94. The highest BCUT2D eigenvalue weighted by Gasteiger charge is 2.35. The molecule has 2 aliphatic rings. The molecule has 2 atom stereocenters. The number of nitrogens with zero attached hydrogens (tertiary/aromatic N) is 6. The lowest BCUT2D eigenvalue weighted by molar-refractivity contribution is 0.0639. The van der Waals surface area contributed by atoms with Crippen LogP contribution in [-0.4, -0.2) is 79.6 Å². The quantitative estimate of drug-likeness (QED) is 0.784. The van der Waals surface area contributed by atoms with Crippen LogP contribution in [0.25, 0.3) is 0 Å². The lowest BCUT2D eigenvalue weighted by Gasteiger charge is -2.31. The molecule has 0 radical (unpaired) electrons. The van der Waals surface area contributed by atoms with Gasteiger partial charge in [0.05, 0.1) is 17.8 Å². The predicted octanol–water partition coefficient (Wildman–Crippen LogP) is 1.61. The summed E-state index contributed by atoms with van der Waals surface area (Å²) >= 11 is 0. The maximum Gasteiger partial charge on any atom is 0.227 e. The third kappa shape index (κ3) is 3.77. The number of hydrogen-bond donors (Lipinski definition) is 0. The summed E-state index contributed by atoms with van der Waals surface area (Å²) in [5, 5.41) is 4.09. The third-order valence-corrected chi connectivity index (χ3v) is 5.81. The minimum Gasteiger partial charge on any atom is -0.378 e. The van der Waals surface area contributed by atoms with Crippen LogP contribution in [0.3, 0.4) is 0 Å². The number of ether oxygens (including phenoxy) is 1. The van der Waals surface area contributed by atoms with Crippen LogP contribution in [-0.2, 0) is 4.74 Å². The Morgan fingerprint density at radius 1 is 1.15 bits per heavy atom. The van der Waals surface area contributed by atoms with Crippen molar-refractivity contribution in [1.29, 1.82) is 0 Å². The molecule has 2 aromatic rings. The first kappa shape index (κ1) is 18.2. The van der Waals surface area contributed by atoms with Crippen LogP contribution < -0.4 is 9.80 Å². The van der Waals surface area contributed by atoms with Crippen molar-refractivity contribution < 1.29 is 9.26 Å². The maximum absolute atomic E-state index is 5.68. The van der Waals surface area contributed by atoms with Gasteiger partial charge < -0.3 is 24.0 Å². The van der Waals surface area contributed by atoms with Crippen LogP contribution >= 0.6 is 0 Å². The Balaban J connectivity index is 1.43. The zero-order valence-corrected chi connectivity index (χ0v) is 16.3. The first-order valence-corrected chi connectivity index (χ1v) is 9.58. The Hall–Kier alpha value is -2.19. The van der Waals surface area contributed by atoms with Gasteiger partial charge in [-0.15, -0.1) is 0 Å². The monoisotopic (exact) mass is 372 g/mol. The number of likely N-dealkylation sites (N-methyl/N-ethyl adjacent to an activating group) is 1. The highest BCUT2D eigenvalue weighted by Crippen LogP contribution is 2.29. The Morgan fingerprint density at radius 3 is 2.59 bits per heavy atom. The molecule has 2 aliphatic heterocycles. The molecule has 4 rings (SSSR count). The molecule has 4 heterocycles. The van der Waals surface area contributed by atoms with E-state index in [1.807, 2.05) is 18.3 Å². The molecule has 0 bridgehead atoms. The summed E-state index contributed by atoms with van der Waals surface area (Å²) in [6.45, 7) is 3.63. The Labute approximate surface area is 160 Å². The molecule has 0 saturated carbocycles. The molecule has 2 saturated heterocycles. The molecule has 8 nitrogen and oxygen atoms in total. The molecule has 0 aromatic carbocycles. The Bertz CT molecular complexity index is 730. The largest absolute Gasteiger partial charge is 0.378 e. The van der Waals surface area contributed by atoms with Crippen LogP contribution in [0.5, 0.6) is 0 Å². The minimum atomic E-state index is 0.191. The number of rotatable bonds is 5. The van der Waals surface area contributed by atoms with Gasteiger partial charge in [-0.1, -0.05) is 5.16 Å². The zero-order valence-electron chi connectivity index (χ0n) is 16.3. The first-order chi connectivity index (χ1) is 13.2. The van der Waals surface area contributed by atoms with Gasteiger partial charge in [0.25, 0.3) is 0 Å². The van der Waals surface area contributed by atoms with Gasteiger partial charge in [-0.05, 0) is 33.0 Å². The van der Waals surface area contributed by atoms with Crippen molar-refractivity contribution in [1.82, 2.24) is 20.0 Å². The summed E-state index contributed by atoms with van der Waals surface area (Å²) in [6, 6.07) is 4.33. The molecular formula is C19H28N6O2. The topological polar surface area (TPSA) is 70.8 Å². The predicted molar refractivity (Wildman–Crippen MR) is 103 cm³/mol. The van der Waals surface area contributed by atoms with E-state index >= 15 is 0 Å². The zero-order chi connectivity index (χ0) is 18.8. The molecular weight excluding hydrogens is 344 g/mol.